The molecule has 3 aliphatic rings. The van der Waals surface area contributed by atoms with Gasteiger partial charge in [0, 0.05) is 51.2 Å². The van der Waals surface area contributed by atoms with Crippen LogP contribution in [0.1, 0.15) is 25.3 Å². The van der Waals surface area contributed by atoms with Gasteiger partial charge in [-0.1, -0.05) is 13.0 Å². The number of pyridine rings is 1. The van der Waals surface area contributed by atoms with Crippen molar-refractivity contribution < 1.29 is 9.53 Å². The first kappa shape index (κ1) is 15.1. The lowest BCUT2D eigenvalue weighted by Gasteiger charge is -2.28. The van der Waals surface area contributed by atoms with Crippen molar-refractivity contribution in [2.24, 2.45) is 11.3 Å². The second-order valence-electron chi connectivity index (χ2n) is 7.34. The van der Waals surface area contributed by atoms with Gasteiger partial charge >= 0.3 is 0 Å². The minimum absolute atomic E-state index is 0.176. The Morgan fingerprint density at radius 2 is 2.39 bits per heavy atom. The second kappa shape index (κ2) is 5.87. The summed E-state index contributed by atoms with van der Waals surface area (Å²) >= 11 is 0. The first-order valence-electron chi connectivity index (χ1n) is 8.69. The number of hydrogen-bond donors (Lipinski definition) is 0. The van der Waals surface area contributed by atoms with Crippen LogP contribution in [-0.4, -0.2) is 59.6 Å². The molecule has 5 heteroatoms. The van der Waals surface area contributed by atoms with Crippen molar-refractivity contribution in [1.82, 2.24) is 14.8 Å². The number of rotatable bonds is 3. The third-order valence-electron chi connectivity index (χ3n) is 6.00. The molecule has 1 spiro atoms. The third-order valence-corrected chi connectivity index (χ3v) is 6.00. The molecule has 4 heterocycles. The first-order chi connectivity index (χ1) is 11.2. The number of amides is 1. The molecular formula is C18H25N3O2. The predicted molar refractivity (Wildman–Crippen MR) is 86.7 cm³/mol. The van der Waals surface area contributed by atoms with E-state index in [2.05, 4.69) is 16.8 Å². The molecule has 0 aromatic carbocycles. The van der Waals surface area contributed by atoms with Gasteiger partial charge in [0.05, 0.1) is 12.0 Å². The molecule has 3 fully saturated rings. The Hall–Kier alpha value is -1.46. The zero-order valence-corrected chi connectivity index (χ0v) is 13.8. The Bertz CT molecular complexity index is 573. The van der Waals surface area contributed by atoms with Gasteiger partial charge in [-0.25, -0.2) is 0 Å². The van der Waals surface area contributed by atoms with E-state index in [1.807, 2.05) is 23.2 Å². The van der Waals surface area contributed by atoms with E-state index in [4.69, 9.17) is 4.74 Å². The van der Waals surface area contributed by atoms with E-state index in [-0.39, 0.29) is 5.41 Å². The van der Waals surface area contributed by atoms with Gasteiger partial charge in [-0.05, 0) is 30.4 Å². The van der Waals surface area contributed by atoms with Crippen LogP contribution in [0.15, 0.2) is 24.5 Å². The fourth-order valence-corrected chi connectivity index (χ4v) is 4.52. The zero-order chi connectivity index (χ0) is 15.9. The van der Waals surface area contributed by atoms with Crippen LogP contribution in [-0.2, 0) is 16.1 Å². The molecule has 124 valence electrons. The largest absolute Gasteiger partial charge is 0.380 e. The molecule has 1 aromatic heterocycles. The lowest BCUT2D eigenvalue weighted by atomic mass is 9.78. The number of carbonyl (C=O) groups is 1. The van der Waals surface area contributed by atoms with Gasteiger partial charge < -0.3 is 9.64 Å². The van der Waals surface area contributed by atoms with E-state index in [0.717, 1.165) is 51.3 Å². The van der Waals surface area contributed by atoms with Crippen molar-refractivity contribution in [1.29, 1.82) is 0 Å². The highest BCUT2D eigenvalue weighted by atomic mass is 16.5. The molecule has 3 saturated heterocycles. The minimum atomic E-state index is -0.176. The molecule has 3 aliphatic heterocycles. The highest BCUT2D eigenvalue weighted by Crippen LogP contribution is 2.46. The Morgan fingerprint density at radius 1 is 1.48 bits per heavy atom. The van der Waals surface area contributed by atoms with Crippen LogP contribution in [0.3, 0.4) is 0 Å². The molecule has 23 heavy (non-hydrogen) atoms. The van der Waals surface area contributed by atoms with Crippen LogP contribution in [0.4, 0.5) is 0 Å². The number of hydrogen-bond acceptors (Lipinski definition) is 4. The number of ether oxygens (including phenoxy) is 1. The fraction of sp³-hybridized carbons (Fsp3) is 0.667. The van der Waals surface area contributed by atoms with Crippen molar-refractivity contribution in [2.45, 2.75) is 32.4 Å². The monoisotopic (exact) mass is 315 g/mol. The Balaban J connectivity index is 1.48. The van der Waals surface area contributed by atoms with Gasteiger partial charge in [-0.15, -0.1) is 0 Å². The quantitative estimate of drug-likeness (QED) is 0.849. The van der Waals surface area contributed by atoms with Gasteiger partial charge in [-0.2, -0.15) is 0 Å². The summed E-state index contributed by atoms with van der Waals surface area (Å²) in [5.74, 6) is 0.768. The molecule has 1 aromatic rings. The maximum Gasteiger partial charge on any atom is 0.230 e. The highest BCUT2D eigenvalue weighted by Gasteiger charge is 2.55. The third kappa shape index (κ3) is 2.56. The Kier molecular flexibility index (Phi) is 3.85. The van der Waals surface area contributed by atoms with Crippen molar-refractivity contribution in [3.8, 4) is 0 Å². The Labute approximate surface area is 137 Å². The topological polar surface area (TPSA) is 45.7 Å². The summed E-state index contributed by atoms with van der Waals surface area (Å²) in [5, 5.41) is 0. The van der Waals surface area contributed by atoms with Crippen LogP contribution in [0.2, 0.25) is 0 Å². The fourth-order valence-electron chi connectivity index (χ4n) is 4.52. The van der Waals surface area contributed by atoms with Gasteiger partial charge in [-0.3, -0.25) is 14.7 Å². The average Bonchev–Trinajstić information content (AvgIpc) is 3.26. The molecule has 1 unspecified atom stereocenters. The summed E-state index contributed by atoms with van der Waals surface area (Å²) in [6, 6.07) is 4.49. The molecule has 1 amide bonds. The van der Waals surface area contributed by atoms with E-state index >= 15 is 0 Å². The number of nitrogens with zero attached hydrogens (tertiary/aromatic N) is 3. The van der Waals surface area contributed by atoms with E-state index in [0.29, 0.717) is 24.4 Å². The molecule has 5 nitrogen and oxygen atoms in total. The van der Waals surface area contributed by atoms with Crippen molar-refractivity contribution in [2.75, 3.05) is 32.8 Å². The SMILES string of the molecule is C[C@@H]1CN(C2CCOC2)C[C@]12CCN(Cc1cccnc1)C2=O. The van der Waals surface area contributed by atoms with Crippen molar-refractivity contribution in [3.63, 3.8) is 0 Å². The van der Waals surface area contributed by atoms with Crippen LogP contribution < -0.4 is 0 Å². The van der Waals surface area contributed by atoms with Gasteiger partial charge in [0.25, 0.3) is 0 Å². The summed E-state index contributed by atoms with van der Waals surface area (Å²) in [7, 11) is 0. The van der Waals surface area contributed by atoms with Crippen molar-refractivity contribution >= 4 is 5.91 Å². The van der Waals surface area contributed by atoms with Gasteiger partial charge in [0.15, 0.2) is 0 Å². The average molecular weight is 315 g/mol. The predicted octanol–water partition coefficient (Wildman–Crippen LogP) is 1.54. The molecule has 3 atom stereocenters. The smallest absolute Gasteiger partial charge is 0.230 e. The standard InChI is InChI=1S/C18H25N3O2/c1-14-10-21(16-4-8-23-12-16)13-18(14)5-7-20(17(18)22)11-15-3-2-6-19-9-15/h2-3,6,9,14,16H,4-5,7-8,10-13H2,1H3/t14-,16?,18-/m1/s1. The zero-order valence-electron chi connectivity index (χ0n) is 13.8. The lowest BCUT2D eigenvalue weighted by Crippen LogP contribution is -2.41. The summed E-state index contributed by atoms with van der Waals surface area (Å²) in [6.07, 6.45) is 5.73. The van der Waals surface area contributed by atoms with Crippen LogP contribution in [0, 0.1) is 11.3 Å². The second-order valence-corrected chi connectivity index (χ2v) is 7.34. The van der Waals surface area contributed by atoms with E-state index in [9.17, 15) is 4.79 Å². The van der Waals surface area contributed by atoms with E-state index in [1.54, 1.807) is 6.20 Å². The minimum Gasteiger partial charge on any atom is -0.380 e. The number of aromatic nitrogens is 1. The van der Waals surface area contributed by atoms with Crippen molar-refractivity contribution in [3.05, 3.63) is 30.1 Å². The molecule has 0 N–H and O–H groups in total. The van der Waals surface area contributed by atoms with Crippen LogP contribution in [0.5, 0.6) is 0 Å². The highest BCUT2D eigenvalue weighted by molar-refractivity contribution is 5.86. The molecule has 0 saturated carbocycles. The van der Waals surface area contributed by atoms with Crippen LogP contribution >= 0.6 is 0 Å². The maximum absolute atomic E-state index is 13.2. The molecule has 4 rings (SSSR count). The number of likely N-dealkylation sites (tertiary alicyclic amines) is 2. The van der Waals surface area contributed by atoms with Gasteiger partial charge in [0.2, 0.25) is 5.91 Å². The molecular weight excluding hydrogens is 290 g/mol. The van der Waals surface area contributed by atoms with Gasteiger partial charge in [0.1, 0.15) is 0 Å². The van der Waals surface area contributed by atoms with Crippen LogP contribution in [0.25, 0.3) is 0 Å². The summed E-state index contributed by atoms with van der Waals surface area (Å²) in [6.45, 7) is 7.44. The molecule has 0 radical (unpaired) electrons. The Morgan fingerprint density at radius 3 is 3.13 bits per heavy atom. The molecule has 0 aliphatic carbocycles. The first-order valence-corrected chi connectivity index (χ1v) is 8.69. The van der Waals surface area contributed by atoms with E-state index in [1.165, 1.54) is 0 Å². The maximum atomic E-state index is 13.2. The summed E-state index contributed by atoms with van der Waals surface area (Å²) in [5.41, 5.74) is 0.940. The van der Waals surface area contributed by atoms with E-state index < -0.39 is 0 Å². The summed E-state index contributed by atoms with van der Waals surface area (Å²) in [4.78, 5) is 21.8. The number of carbonyl (C=O) groups excluding carboxylic acids is 1. The lowest BCUT2D eigenvalue weighted by molar-refractivity contribution is -0.137. The summed E-state index contributed by atoms with van der Waals surface area (Å²) < 4.78 is 5.54. The molecule has 0 bridgehead atoms. The normalized spacial score (nSPS) is 34.8.